The maximum Gasteiger partial charge on any atom is 0.146 e. The van der Waals surface area contributed by atoms with Gasteiger partial charge in [-0.15, -0.1) is 0 Å². The van der Waals surface area contributed by atoms with Gasteiger partial charge in [0.25, 0.3) is 0 Å². The first kappa shape index (κ1) is 21.3. The molecule has 3 aromatic rings. The van der Waals surface area contributed by atoms with Gasteiger partial charge in [-0.1, -0.05) is 24.3 Å². The molecule has 1 aromatic heterocycles. The van der Waals surface area contributed by atoms with Gasteiger partial charge in [0.2, 0.25) is 0 Å². The van der Waals surface area contributed by atoms with Gasteiger partial charge in [0.1, 0.15) is 23.6 Å². The summed E-state index contributed by atoms with van der Waals surface area (Å²) in [7, 11) is 0. The number of para-hydroxylation sites is 1. The Morgan fingerprint density at radius 2 is 1.74 bits per heavy atom. The van der Waals surface area contributed by atoms with Crippen LogP contribution in [0.1, 0.15) is 28.5 Å². The van der Waals surface area contributed by atoms with Crippen LogP contribution in [-0.2, 0) is 6.54 Å². The maximum atomic E-state index is 14.9. The minimum Gasteiger partial charge on any atom is -0.382 e. The van der Waals surface area contributed by atoms with Crippen molar-refractivity contribution in [2.24, 2.45) is 0 Å². The summed E-state index contributed by atoms with van der Waals surface area (Å²) >= 11 is 0. The fraction of sp³-hybridized carbons (Fsp3) is 0.292. The van der Waals surface area contributed by atoms with Gasteiger partial charge in [-0.2, -0.15) is 0 Å². The molecule has 1 atom stereocenters. The van der Waals surface area contributed by atoms with E-state index in [0.717, 1.165) is 11.6 Å². The van der Waals surface area contributed by atoms with Crippen molar-refractivity contribution < 1.29 is 18.3 Å². The van der Waals surface area contributed by atoms with Gasteiger partial charge in [0.05, 0.1) is 11.4 Å². The van der Waals surface area contributed by atoms with Gasteiger partial charge in [-0.05, 0) is 30.7 Å². The maximum absolute atomic E-state index is 14.9. The number of hydrogen-bond donors (Lipinski definition) is 1. The van der Waals surface area contributed by atoms with Crippen LogP contribution in [0.25, 0.3) is 0 Å². The highest BCUT2D eigenvalue weighted by molar-refractivity contribution is 5.58. The molecule has 0 aliphatic carbocycles. The van der Waals surface area contributed by atoms with Crippen molar-refractivity contribution in [3.8, 4) is 0 Å². The second kappa shape index (κ2) is 9.08. The molecule has 0 radical (unpaired) electrons. The highest BCUT2D eigenvalue weighted by Gasteiger charge is 2.26. The first-order valence-corrected chi connectivity index (χ1v) is 10.2. The molecule has 7 heteroatoms. The van der Waals surface area contributed by atoms with Crippen LogP contribution >= 0.6 is 0 Å². The Balaban J connectivity index is 1.52. The topological polar surface area (TPSA) is 39.6 Å². The molecule has 0 amide bonds. The Bertz CT molecular complexity index is 1070. The van der Waals surface area contributed by atoms with Crippen molar-refractivity contribution in [1.29, 1.82) is 0 Å². The van der Waals surface area contributed by atoms with Crippen LogP contribution in [0.3, 0.4) is 0 Å². The van der Waals surface area contributed by atoms with E-state index in [2.05, 4.69) is 4.98 Å². The molecule has 31 heavy (non-hydrogen) atoms. The van der Waals surface area contributed by atoms with Gasteiger partial charge < -0.3 is 10.0 Å². The van der Waals surface area contributed by atoms with Gasteiger partial charge in [-0.3, -0.25) is 9.88 Å². The van der Waals surface area contributed by atoms with Crippen LogP contribution < -0.4 is 4.90 Å². The first-order valence-electron chi connectivity index (χ1n) is 10.2. The number of anilines is 1. The van der Waals surface area contributed by atoms with Crippen LogP contribution in [-0.4, -0.2) is 41.2 Å². The summed E-state index contributed by atoms with van der Waals surface area (Å²) in [4.78, 5) is 8.24. The number of pyridine rings is 1. The van der Waals surface area contributed by atoms with Gasteiger partial charge in [0.15, 0.2) is 0 Å². The predicted octanol–water partition coefficient (Wildman–Crippen LogP) is 4.21. The third-order valence-corrected chi connectivity index (χ3v) is 5.72. The number of nitrogens with zero attached hydrogens (tertiary/aromatic N) is 3. The highest BCUT2D eigenvalue weighted by Crippen LogP contribution is 2.34. The molecule has 1 N–H and O–H groups in total. The van der Waals surface area contributed by atoms with Crippen LogP contribution in [0.2, 0.25) is 0 Å². The Labute approximate surface area is 179 Å². The molecule has 1 aliphatic heterocycles. The summed E-state index contributed by atoms with van der Waals surface area (Å²) in [6.07, 6.45) is 0.566. The average molecular weight is 427 g/mol. The molecule has 2 aromatic carbocycles. The largest absolute Gasteiger partial charge is 0.382 e. The van der Waals surface area contributed by atoms with E-state index in [4.69, 9.17) is 0 Å². The average Bonchev–Trinajstić information content (AvgIpc) is 2.76. The van der Waals surface area contributed by atoms with Crippen LogP contribution in [0.4, 0.5) is 18.9 Å². The molecule has 4 nitrogen and oxygen atoms in total. The number of aromatic nitrogens is 1. The summed E-state index contributed by atoms with van der Waals surface area (Å²) in [5, 5.41) is 11.0. The Morgan fingerprint density at radius 3 is 2.45 bits per heavy atom. The van der Waals surface area contributed by atoms with Crippen LogP contribution in [0, 0.1) is 24.4 Å². The first-order chi connectivity index (χ1) is 14.9. The molecule has 1 fully saturated rings. The van der Waals surface area contributed by atoms with Crippen molar-refractivity contribution in [3.63, 3.8) is 0 Å². The predicted molar refractivity (Wildman–Crippen MR) is 113 cm³/mol. The van der Waals surface area contributed by atoms with E-state index in [1.165, 1.54) is 18.2 Å². The molecule has 1 saturated heterocycles. The van der Waals surface area contributed by atoms with E-state index in [1.807, 2.05) is 22.8 Å². The van der Waals surface area contributed by atoms with Crippen molar-refractivity contribution in [2.45, 2.75) is 19.6 Å². The van der Waals surface area contributed by atoms with E-state index >= 15 is 0 Å². The number of hydrogen-bond acceptors (Lipinski definition) is 4. The molecule has 0 spiro atoms. The highest BCUT2D eigenvalue weighted by atomic mass is 19.1. The lowest BCUT2D eigenvalue weighted by Gasteiger charge is -2.37. The van der Waals surface area contributed by atoms with Crippen molar-refractivity contribution in [1.82, 2.24) is 9.88 Å². The molecule has 0 saturated carbocycles. The Hall–Kier alpha value is -2.90. The zero-order chi connectivity index (χ0) is 22.0. The second-order valence-electron chi connectivity index (χ2n) is 7.78. The lowest BCUT2D eigenvalue weighted by Crippen LogP contribution is -2.46. The third kappa shape index (κ3) is 4.57. The number of aryl methyl sites for hydroxylation is 1. The lowest BCUT2D eigenvalue weighted by molar-refractivity contribution is 0.212. The van der Waals surface area contributed by atoms with E-state index in [-0.39, 0.29) is 0 Å². The minimum absolute atomic E-state index is 0.361. The normalized spacial score (nSPS) is 15.8. The number of aliphatic hydroxyl groups is 1. The number of halogens is 3. The molecule has 4 rings (SSSR count). The molecular formula is C24H24F3N3O. The summed E-state index contributed by atoms with van der Waals surface area (Å²) in [6.45, 7) is 4.43. The van der Waals surface area contributed by atoms with E-state index in [0.29, 0.717) is 55.2 Å². The van der Waals surface area contributed by atoms with Crippen molar-refractivity contribution in [3.05, 3.63) is 94.6 Å². The fourth-order valence-electron chi connectivity index (χ4n) is 4.04. The summed E-state index contributed by atoms with van der Waals surface area (Å²) in [5.41, 5.74) is 2.60. The standard InChI is InChI=1S/C24H24F3N3O/c1-16-4-3-9-28-22(16)24(31)19-5-2-6-20(26)23(19)30-12-10-29(11-13-30)15-17-7-8-18(25)14-21(17)27/h2-9,14,24,31H,10-13,15H2,1H3/t24-/m1/s1. The Kier molecular flexibility index (Phi) is 6.25. The van der Waals surface area contributed by atoms with E-state index < -0.39 is 23.6 Å². The molecular weight excluding hydrogens is 403 g/mol. The zero-order valence-corrected chi connectivity index (χ0v) is 17.2. The summed E-state index contributed by atoms with van der Waals surface area (Å²) in [6, 6.07) is 11.9. The SMILES string of the molecule is Cc1cccnc1[C@H](O)c1cccc(F)c1N1CCN(Cc2ccc(F)cc2F)CC1. The van der Waals surface area contributed by atoms with Gasteiger partial charge in [0, 0.05) is 56.1 Å². The van der Waals surface area contributed by atoms with E-state index in [9.17, 15) is 18.3 Å². The minimum atomic E-state index is -1.04. The summed E-state index contributed by atoms with van der Waals surface area (Å²) in [5.74, 6) is -1.56. The van der Waals surface area contributed by atoms with Crippen LogP contribution in [0.15, 0.2) is 54.7 Å². The smallest absolute Gasteiger partial charge is 0.146 e. The van der Waals surface area contributed by atoms with Gasteiger partial charge >= 0.3 is 0 Å². The third-order valence-electron chi connectivity index (χ3n) is 5.72. The number of rotatable bonds is 5. The molecule has 0 unspecified atom stereocenters. The molecule has 1 aliphatic rings. The number of piperazine rings is 1. The van der Waals surface area contributed by atoms with Crippen molar-refractivity contribution >= 4 is 5.69 Å². The molecule has 2 heterocycles. The van der Waals surface area contributed by atoms with Crippen molar-refractivity contribution in [2.75, 3.05) is 31.1 Å². The number of aliphatic hydroxyl groups excluding tert-OH is 1. The second-order valence-corrected chi connectivity index (χ2v) is 7.78. The fourth-order valence-corrected chi connectivity index (χ4v) is 4.04. The zero-order valence-electron chi connectivity index (χ0n) is 17.2. The van der Waals surface area contributed by atoms with Crippen LogP contribution in [0.5, 0.6) is 0 Å². The summed E-state index contributed by atoms with van der Waals surface area (Å²) < 4.78 is 42.0. The quantitative estimate of drug-likeness (QED) is 0.662. The molecule has 0 bridgehead atoms. The van der Waals surface area contributed by atoms with E-state index in [1.54, 1.807) is 24.4 Å². The molecule has 162 valence electrons. The van der Waals surface area contributed by atoms with Gasteiger partial charge in [-0.25, -0.2) is 13.2 Å². The monoisotopic (exact) mass is 427 g/mol. The number of benzene rings is 2. The Morgan fingerprint density at radius 1 is 0.968 bits per heavy atom. The lowest BCUT2D eigenvalue weighted by atomic mass is 9.99.